The van der Waals surface area contributed by atoms with Gasteiger partial charge in [0.25, 0.3) is 0 Å². The molecule has 4 heterocycles. The van der Waals surface area contributed by atoms with E-state index in [0.29, 0.717) is 0 Å². The van der Waals surface area contributed by atoms with Crippen LogP contribution in [0, 0.1) is 0 Å². The first kappa shape index (κ1) is 55.3. The second-order valence-corrected chi connectivity index (χ2v) is 25.6. The Morgan fingerprint density at radius 1 is 0.224 bits per heavy atom. The van der Waals surface area contributed by atoms with Crippen LogP contribution in [0.15, 0.2) is 340 Å². The van der Waals surface area contributed by atoms with Crippen molar-refractivity contribution in [1.82, 2.24) is 29.1 Å². The highest BCUT2D eigenvalue weighted by Crippen LogP contribution is 2.48. The molecule has 6 heteroatoms. The quantitative estimate of drug-likeness (QED) is 0.135. The van der Waals surface area contributed by atoms with Crippen LogP contribution in [-0.4, -0.2) is 29.1 Å². The van der Waals surface area contributed by atoms with Crippen molar-refractivity contribution >= 4 is 109 Å². The van der Waals surface area contributed by atoms with E-state index in [4.69, 9.17) is 19.9 Å². The molecule has 16 aromatic carbocycles. The molecule has 4 aromatic heterocycles. The fraction of sp³-hybridized carbons (Fsp3) is 0. The van der Waals surface area contributed by atoms with Gasteiger partial charge in [0.15, 0.2) is 5.82 Å². The summed E-state index contributed by atoms with van der Waals surface area (Å²) >= 11 is 0. The molecule has 0 aliphatic rings. The molecule has 0 bridgehead atoms. The topological polar surface area (TPSA) is 61.4 Å². The number of nitrogens with zero attached hydrogens (tertiary/aromatic N) is 6. The van der Waals surface area contributed by atoms with Crippen LogP contribution >= 0.6 is 0 Å². The maximum Gasteiger partial charge on any atom is 0.164 e. The monoisotopic (exact) mass is 1240 g/mol. The Morgan fingerprint density at radius 2 is 0.622 bits per heavy atom. The molecule has 454 valence electrons. The van der Waals surface area contributed by atoms with Gasteiger partial charge in [-0.2, -0.15) is 0 Å². The van der Waals surface area contributed by atoms with E-state index in [0.717, 1.165) is 111 Å². The van der Waals surface area contributed by atoms with Crippen molar-refractivity contribution in [2.75, 3.05) is 0 Å². The number of imidazole rings is 2. The van der Waals surface area contributed by atoms with Crippen LogP contribution in [0.4, 0.5) is 0 Å². The van der Waals surface area contributed by atoms with Crippen LogP contribution < -0.4 is 0 Å². The van der Waals surface area contributed by atoms with Crippen LogP contribution in [0.1, 0.15) is 0 Å². The van der Waals surface area contributed by atoms with Gasteiger partial charge in [0.1, 0.15) is 11.5 Å². The fourth-order valence-corrected chi connectivity index (χ4v) is 15.6. The minimum absolute atomic E-state index is 0.809. The molecule has 0 amide bonds. The average molecular weight is 1250 g/mol. The molecule has 0 aliphatic carbocycles. The van der Waals surface area contributed by atoms with Gasteiger partial charge in [-0.25, -0.2) is 15.0 Å². The van der Waals surface area contributed by atoms with E-state index in [1.54, 1.807) is 0 Å². The van der Waals surface area contributed by atoms with Crippen molar-refractivity contribution in [3.8, 4) is 89.9 Å². The summed E-state index contributed by atoms with van der Waals surface area (Å²) in [7, 11) is 0. The minimum Gasteiger partial charge on any atom is -0.292 e. The first-order chi connectivity index (χ1) is 48.6. The van der Waals surface area contributed by atoms with E-state index < -0.39 is 0 Å². The summed E-state index contributed by atoms with van der Waals surface area (Å²) < 4.78 is 4.56. The molecule has 20 aromatic rings. The zero-order valence-electron chi connectivity index (χ0n) is 53.0. The smallest absolute Gasteiger partial charge is 0.164 e. The molecule has 0 unspecified atom stereocenters. The molecule has 0 N–H and O–H groups in total. The number of benzene rings is 16. The van der Waals surface area contributed by atoms with Crippen LogP contribution in [0.2, 0.25) is 0 Å². The summed E-state index contributed by atoms with van der Waals surface area (Å²) in [5, 5.41) is 16.6. The van der Waals surface area contributed by atoms with Crippen LogP contribution in [0.25, 0.3) is 198 Å². The van der Waals surface area contributed by atoms with Gasteiger partial charge in [-0.3, -0.25) is 14.1 Å². The maximum atomic E-state index is 5.65. The van der Waals surface area contributed by atoms with Gasteiger partial charge in [-0.05, 0) is 200 Å². The second-order valence-electron chi connectivity index (χ2n) is 25.6. The Kier molecular flexibility index (Phi) is 12.6. The normalized spacial score (nSPS) is 11.9. The van der Waals surface area contributed by atoms with Crippen molar-refractivity contribution in [3.63, 3.8) is 0 Å². The van der Waals surface area contributed by atoms with Crippen molar-refractivity contribution in [3.05, 3.63) is 340 Å². The molecule has 0 saturated carbocycles. The van der Waals surface area contributed by atoms with E-state index >= 15 is 0 Å². The van der Waals surface area contributed by atoms with Gasteiger partial charge in [-0.15, -0.1) is 0 Å². The lowest BCUT2D eigenvalue weighted by Gasteiger charge is -2.18. The third-order valence-electron chi connectivity index (χ3n) is 20.1. The molecule has 0 radical (unpaired) electrons. The van der Waals surface area contributed by atoms with Gasteiger partial charge in [0, 0.05) is 39.5 Å². The lowest BCUT2D eigenvalue weighted by molar-refractivity contribution is 1.09. The van der Waals surface area contributed by atoms with Gasteiger partial charge < -0.3 is 0 Å². The molecular formula is C92H56N6. The van der Waals surface area contributed by atoms with E-state index in [1.807, 2.05) is 24.4 Å². The van der Waals surface area contributed by atoms with Crippen molar-refractivity contribution in [2.24, 2.45) is 0 Å². The molecule has 0 saturated heterocycles. The Morgan fingerprint density at radius 3 is 1.20 bits per heavy atom. The lowest BCUT2D eigenvalue weighted by atomic mass is 9.85. The Hall–Kier alpha value is -13.2. The Labute approximate surface area is 563 Å². The first-order valence-corrected chi connectivity index (χ1v) is 33.4. The van der Waals surface area contributed by atoms with Crippen molar-refractivity contribution in [2.45, 2.75) is 0 Å². The largest absolute Gasteiger partial charge is 0.292 e. The summed E-state index contributed by atoms with van der Waals surface area (Å²) in [6.45, 7) is 0. The zero-order valence-corrected chi connectivity index (χ0v) is 53.0. The average Bonchev–Trinajstić information content (AvgIpc) is 0.825. The highest BCUT2D eigenvalue weighted by atomic mass is 15.1. The molecule has 0 aliphatic heterocycles. The zero-order chi connectivity index (χ0) is 64.4. The van der Waals surface area contributed by atoms with E-state index in [1.165, 1.54) is 87.2 Å². The summed E-state index contributed by atoms with van der Waals surface area (Å²) in [6, 6.07) is 121. The number of aromatic nitrogens is 6. The van der Waals surface area contributed by atoms with E-state index in [2.05, 4.69) is 325 Å². The first-order valence-electron chi connectivity index (χ1n) is 33.4. The Balaban J connectivity index is 0.677. The van der Waals surface area contributed by atoms with Gasteiger partial charge >= 0.3 is 0 Å². The number of pyridine rings is 2. The van der Waals surface area contributed by atoms with Gasteiger partial charge in [0.05, 0.1) is 33.1 Å². The lowest BCUT2D eigenvalue weighted by Crippen LogP contribution is -1.99. The third-order valence-corrected chi connectivity index (χ3v) is 20.1. The molecule has 0 fully saturated rings. The molecular weight excluding hydrogens is 1190 g/mol. The number of hydrogen-bond acceptors (Lipinski definition) is 4. The standard InChI is InChI=1S/C92H56N6/c1-2-20-61-53-66(40-36-57(61)18-1)88-76-26-9-5-22-72(76)87(73-23-6-10-27-77(73)88)60-44-49-70(50-45-60)98-85-35-17-30-71(90(85)96-91(98)68-55-65-21-4-13-31-80(65)93-56-68)64-39-37-63-54-67(41-38-62(63)52-64)89-78-28-11-7-24-74(78)86(75-25-8-12-29-79(75)89)59-42-47-69(48-43-59)97-84-34-16-15-33-82(84)95-92(97)83-51-46-58-19-3-14-32-81(58)94-83/h1-56H. The van der Waals surface area contributed by atoms with Gasteiger partial charge in [-0.1, -0.05) is 249 Å². The number of para-hydroxylation sites is 5. The number of fused-ring (bicyclic) bond motifs is 10. The fourth-order valence-electron chi connectivity index (χ4n) is 15.6. The summed E-state index contributed by atoms with van der Waals surface area (Å²) in [4.78, 5) is 20.9. The molecule has 0 spiro atoms. The second kappa shape index (κ2) is 22.2. The van der Waals surface area contributed by atoms with Crippen LogP contribution in [0.5, 0.6) is 0 Å². The van der Waals surface area contributed by atoms with E-state index in [-0.39, 0.29) is 0 Å². The maximum absolute atomic E-state index is 5.65. The predicted molar refractivity (Wildman–Crippen MR) is 409 cm³/mol. The van der Waals surface area contributed by atoms with Crippen LogP contribution in [-0.2, 0) is 0 Å². The molecule has 20 rings (SSSR count). The number of rotatable bonds is 9. The van der Waals surface area contributed by atoms with Gasteiger partial charge in [0.2, 0.25) is 0 Å². The molecule has 0 atom stereocenters. The van der Waals surface area contributed by atoms with E-state index in [9.17, 15) is 0 Å². The summed E-state index contributed by atoms with van der Waals surface area (Å²) in [5.41, 5.74) is 21.3. The minimum atomic E-state index is 0.809. The molecule has 98 heavy (non-hydrogen) atoms. The molecule has 6 nitrogen and oxygen atoms in total. The van der Waals surface area contributed by atoms with Crippen molar-refractivity contribution < 1.29 is 0 Å². The SMILES string of the molecule is c1ccc2cc(-c3c4ccccc4c(-c4ccc(-n5c(-c6cnc7ccccc7c6)nc6c(-c7ccc8cc(-c9c%10ccccc%10c(-c%10ccc(-n%11c(-c%12ccc%13ccccc%13n%12)nc%12ccccc%12%11)cc%10)c%10ccccc9%10)ccc8c7)cccc65)cc4)c4ccccc34)ccc2c1. The van der Waals surface area contributed by atoms with Crippen molar-refractivity contribution in [1.29, 1.82) is 0 Å². The highest BCUT2D eigenvalue weighted by Gasteiger charge is 2.24. The summed E-state index contributed by atoms with van der Waals surface area (Å²) in [6.07, 6.45) is 1.97. The van der Waals surface area contributed by atoms with Crippen LogP contribution in [0.3, 0.4) is 0 Å². The predicted octanol–water partition coefficient (Wildman–Crippen LogP) is 24.0. The summed E-state index contributed by atoms with van der Waals surface area (Å²) in [5.74, 6) is 1.64. The highest BCUT2D eigenvalue weighted by molar-refractivity contribution is 6.23. The third kappa shape index (κ3) is 8.89. The Bertz CT molecular complexity index is 6560. The number of hydrogen-bond donors (Lipinski definition) is 0.